The summed E-state index contributed by atoms with van der Waals surface area (Å²) >= 11 is 0. The van der Waals surface area contributed by atoms with Gasteiger partial charge in [-0.15, -0.1) is 0 Å². The highest BCUT2D eigenvalue weighted by atomic mass is 32.2. The van der Waals surface area contributed by atoms with E-state index in [2.05, 4.69) is 5.32 Å². The van der Waals surface area contributed by atoms with Gasteiger partial charge >= 0.3 is 0 Å². The van der Waals surface area contributed by atoms with Gasteiger partial charge in [0, 0.05) is 6.42 Å². The van der Waals surface area contributed by atoms with Crippen LogP contribution in [0.15, 0.2) is 23.1 Å². The molecule has 0 unspecified atom stereocenters. The standard InChI is InChI=1S/C10H11NO3S/c1-7-2-3-9-8(6-7)11-10(12)4-5-15(9,13)14/h2-3,6H,4-5H2,1H3,(H,11,12). The fraction of sp³-hybridized carbons (Fsp3) is 0.300. The number of hydrogen-bond acceptors (Lipinski definition) is 3. The van der Waals surface area contributed by atoms with Crippen molar-refractivity contribution in [3.63, 3.8) is 0 Å². The highest BCUT2D eigenvalue weighted by molar-refractivity contribution is 7.91. The molecule has 80 valence electrons. The second-order valence-corrected chi connectivity index (χ2v) is 5.69. The highest BCUT2D eigenvalue weighted by Crippen LogP contribution is 2.26. The summed E-state index contributed by atoms with van der Waals surface area (Å²) in [7, 11) is -3.31. The van der Waals surface area contributed by atoms with Crippen LogP contribution in [0.5, 0.6) is 0 Å². The number of carbonyl (C=O) groups excluding carboxylic acids is 1. The molecular formula is C10H11NO3S. The molecule has 2 rings (SSSR count). The van der Waals surface area contributed by atoms with Gasteiger partial charge in [0.1, 0.15) is 0 Å². The summed E-state index contributed by atoms with van der Waals surface area (Å²) in [5.74, 6) is -0.363. The molecule has 0 saturated heterocycles. The third kappa shape index (κ3) is 1.87. The van der Waals surface area contributed by atoms with Gasteiger partial charge in [0.15, 0.2) is 9.84 Å². The summed E-state index contributed by atoms with van der Waals surface area (Å²) in [6.45, 7) is 1.85. The molecule has 1 heterocycles. The monoisotopic (exact) mass is 225 g/mol. The number of carbonyl (C=O) groups is 1. The van der Waals surface area contributed by atoms with E-state index in [-0.39, 0.29) is 23.0 Å². The third-order valence-electron chi connectivity index (χ3n) is 2.34. The molecule has 1 aliphatic rings. The molecular weight excluding hydrogens is 214 g/mol. The number of hydrogen-bond donors (Lipinski definition) is 1. The quantitative estimate of drug-likeness (QED) is 0.719. The Balaban J connectivity index is 2.66. The number of benzene rings is 1. The van der Waals surface area contributed by atoms with Crippen LogP contribution in [0.2, 0.25) is 0 Å². The molecule has 0 bridgehead atoms. The molecule has 1 aromatic carbocycles. The van der Waals surface area contributed by atoms with E-state index < -0.39 is 9.84 Å². The summed E-state index contributed by atoms with van der Waals surface area (Å²) < 4.78 is 23.5. The van der Waals surface area contributed by atoms with Gasteiger partial charge in [0.2, 0.25) is 5.91 Å². The van der Waals surface area contributed by atoms with Crippen LogP contribution in [-0.2, 0) is 14.6 Å². The Hall–Kier alpha value is -1.36. The van der Waals surface area contributed by atoms with Gasteiger partial charge < -0.3 is 5.32 Å². The van der Waals surface area contributed by atoms with Crippen LogP contribution < -0.4 is 5.32 Å². The first kappa shape index (κ1) is 10.2. The topological polar surface area (TPSA) is 63.2 Å². The minimum Gasteiger partial charge on any atom is -0.325 e. The zero-order valence-electron chi connectivity index (χ0n) is 8.28. The van der Waals surface area contributed by atoms with Crippen LogP contribution in [-0.4, -0.2) is 20.1 Å². The van der Waals surface area contributed by atoms with Crippen molar-refractivity contribution >= 4 is 21.4 Å². The summed E-state index contributed by atoms with van der Waals surface area (Å²) in [5, 5.41) is 2.60. The maximum absolute atomic E-state index is 11.8. The van der Waals surface area contributed by atoms with Crippen LogP contribution >= 0.6 is 0 Å². The van der Waals surface area contributed by atoms with Gasteiger partial charge in [-0.1, -0.05) is 6.07 Å². The second kappa shape index (κ2) is 3.34. The van der Waals surface area contributed by atoms with Crippen LogP contribution in [0.25, 0.3) is 0 Å². The predicted octanol–water partition coefficient (Wildman–Crippen LogP) is 1.11. The van der Waals surface area contributed by atoms with Gasteiger partial charge in [0.25, 0.3) is 0 Å². The van der Waals surface area contributed by atoms with Crippen LogP contribution in [0.3, 0.4) is 0 Å². The number of amides is 1. The van der Waals surface area contributed by atoms with Gasteiger partial charge in [0.05, 0.1) is 16.3 Å². The van der Waals surface area contributed by atoms with Gasteiger partial charge in [-0.2, -0.15) is 0 Å². The van der Waals surface area contributed by atoms with E-state index >= 15 is 0 Å². The lowest BCUT2D eigenvalue weighted by molar-refractivity contribution is -0.115. The summed E-state index contributed by atoms with van der Waals surface area (Å²) in [6, 6.07) is 4.95. The van der Waals surface area contributed by atoms with E-state index in [1.165, 1.54) is 0 Å². The number of sulfone groups is 1. The van der Waals surface area contributed by atoms with Gasteiger partial charge in [-0.05, 0) is 24.6 Å². The molecule has 1 amide bonds. The summed E-state index contributed by atoms with van der Waals surface area (Å²) in [5.41, 5.74) is 1.32. The van der Waals surface area contributed by atoms with Crippen molar-refractivity contribution in [1.29, 1.82) is 0 Å². The minimum atomic E-state index is -3.31. The number of aryl methyl sites for hydroxylation is 1. The summed E-state index contributed by atoms with van der Waals surface area (Å²) in [6.07, 6.45) is 0.0239. The van der Waals surface area contributed by atoms with Crippen molar-refractivity contribution in [3.05, 3.63) is 23.8 Å². The fourth-order valence-electron chi connectivity index (χ4n) is 1.56. The molecule has 1 aliphatic heterocycles. The van der Waals surface area contributed by atoms with Crippen molar-refractivity contribution in [3.8, 4) is 0 Å². The maximum Gasteiger partial charge on any atom is 0.225 e. The van der Waals surface area contributed by atoms with E-state index in [0.29, 0.717) is 5.69 Å². The average molecular weight is 225 g/mol. The first-order valence-electron chi connectivity index (χ1n) is 4.62. The van der Waals surface area contributed by atoms with Crippen molar-refractivity contribution in [2.45, 2.75) is 18.2 Å². The maximum atomic E-state index is 11.8. The molecule has 0 aromatic heterocycles. The molecule has 1 aromatic rings. The molecule has 0 aliphatic carbocycles. The molecule has 0 saturated carbocycles. The molecule has 0 atom stereocenters. The van der Waals surface area contributed by atoms with E-state index in [0.717, 1.165) is 5.56 Å². The highest BCUT2D eigenvalue weighted by Gasteiger charge is 2.24. The Bertz CT molecular complexity index is 519. The smallest absolute Gasteiger partial charge is 0.225 e. The Morgan fingerprint density at radius 3 is 2.80 bits per heavy atom. The Morgan fingerprint density at radius 2 is 2.07 bits per heavy atom. The first-order chi connectivity index (χ1) is 6.99. The second-order valence-electron chi connectivity index (χ2n) is 3.62. The van der Waals surface area contributed by atoms with Crippen LogP contribution in [0.1, 0.15) is 12.0 Å². The van der Waals surface area contributed by atoms with E-state index in [9.17, 15) is 13.2 Å². The van der Waals surface area contributed by atoms with Crippen LogP contribution in [0, 0.1) is 6.92 Å². The third-order valence-corrected chi connectivity index (χ3v) is 4.11. The number of nitrogens with one attached hydrogen (secondary N) is 1. The molecule has 0 radical (unpaired) electrons. The molecule has 15 heavy (non-hydrogen) atoms. The Kier molecular flexibility index (Phi) is 2.26. The van der Waals surface area contributed by atoms with Crippen molar-refractivity contribution in [1.82, 2.24) is 0 Å². The fourth-order valence-corrected chi connectivity index (χ4v) is 2.96. The average Bonchev–Trinajstić information content (AvgIpc) is 2.24. The van der Waals surface area contributed by atoms with Gasteiger partial charge in [-0.3, -0.25) is 4.79 Å². The largest absolute Gasteiger partial charge is 0.325 e. The summed E-state index contributed by atoms with van der Waals surface area (Å²) in [4.78, 5) is 11.5. The van der Waals surface area contributed by atoms with E-state index in [1.807, 2.05) is 6.92 Å². The zero-order valence-corrected chi connectivity index (χ0v) is 9.10. The number of rotatable bonds is 0. The number of fused-ring (bicyclic) bond motifs is 1. The zero-order chi connectivity index (χ0) is 11.1. The van der Waals surface area contributed by atoms with Gasteiger partial charge in [-0.25, -0.2) is 8.42 Å². The lowest BCUT2D eigenvalue weighted by atomic mass is 10.2. The van der Waals surface area contributed by atoms with Crippen molar-refractivity contribution < 1.29 is 13.2 Å². The molecule has 4 nitrogen and oxygen atoms in total. The van der Waals surface area contributed by atoms with Crippen molar-refractivity contribution in [2.24, 2.45) is 0 Å². The normalized spacial score (nSPS) is 18.9. The first-order valence-corrected chi connectivity index (χ1v) is 6.27. The minimum absolute atomic E-state index is 0.0239. The Morgan fingerprint density at radius 1 is 1.33 bits per heavy atom. The molecule has 5 heteroatoms. The molecule has 0 fully saturated rings. The molecule has 0 spiro atoms. The van der Waals surface area contributed by atoms with E-state index in [1.54, 1.807) is 18.2 Å². The Labute approximate surface area is 88.2 Å². The number of anilines is 1. The van der Waals surface area contributed by atoms with Crippen LogP contribution in [0.4, 0.5) is 5.69 Å². The van der Waals surface area contributed by atoms with Crippen molar-refractivity contribution in [2.75, 3.05) is 11.1 Å². The lowest BCUT2D eigenvalue weighted by Crippen LogP contribution is -2.11. The SMILES string of the molecule is Cc1ccc2c(c1)NC(=O)CCS2(=O)=O. The lowest BCUT2D eigenvalue weighted by Gasteiger charge is -2.06. The molecule has 1 N–H and O–H groups in total. The predicted molar refractivity (Wildman–Crippen MR) is 56.5 cm³/mol. The van der Waals surface area contributed by atoms with E-state index in [4.69, 9.17) is 0 Å².